The van der Waals surface area contributed by atoms with Crippen LogP contribution in [-0.2, 0) is 14.3 Å². The number of unbranched alkanes of at least 4 members (excludes halogenated alkanes) is 3. The van der Waals surface area contributed by atoms with Crippen LogP contribution in [0.1, 0.15) is 75.1 Å². The number of phenolic OH excluding ortho intramolecular Hbond substituents is 1. The smallest absolute Gasteiger partial charge is 0.329 e. The number of para-hydroxylation sites is 1. The fourth-order valence-corrected chi connectivity index (χ4v) is 3.76. The van der Waals surface area contributed by atoms with E-state index in [1.54, 1.807) is 24.4 Å². The third-order valence-electron chi connectivity index (χ3n) is 5.77. The van der Waals surface area contributed by atoms with Crippen LogP contribution in [-0.4, -0.2) is 51.1 Å². The van der Waals surface area contributed by atoms with Gasteiger partial charge < -0.3 is 25.6 Å². The van der Waals surface area contributed by atoms with Crippen LogP contribution in [0.4, 0.5) is 0 Å². The van der Waals surface area contributed by atoms with Gasteiger partial charge in [0.2, 0.25) is 5.91 Å². The number of benzene rings is 1. The van der Waals surface area contributed by atoms with Gasteiger partial charge in [0.25, 0.3) is 5.91 Å². The number of aliphatic hydroxyl groups is 1. The van der Waals surface area contributed by atoms with Crippen molar-refractivity contribution in [2.24, 2.45) is 5.73 Å². The second-order valence-corrected chi connectivity index (χ2v) is 8.48. The quantitative estimate of drug-likeness (QED) is 0.216. The highest BCUT2D eigenvalue weighted by molar-refractivity contribution is 6.00. The van der Waals surface area contributed by atoms with E-state index in [1.807, 2.05) is 12.2 Å². The minimum absolute atomic E-state index is 0.129. The summed E-state index contributed by atoms with van der Waals surface area (Å²) in [5.74, 6) is -1.82. The van der Waals surface area contributed by atoms with Crippen LogP contribution in [0.15, 0.2) is 48.7 Å². The van der Waals surface area contributed by atoms with E-state index in [1.165, 1.54) is 17.0 Å². The van der Waals surface area contributed by atoms with Gasteiger partial charge >= 0.3 is 5.97 Å². The normalized spacial score (nSPS) is 17.1. The second-order valence-electron chi connectivity index (χ2n) is 8.48. The van der Waals surface area contributed by atoms with Crippen LogP contribution < -0.4 is 5.73 Å². The Morgan fingerprint density at radius 1 is 1.18 bits per heavy atom. The molecular formula is C26H36N2O6. The zero-order valence-corrected chi connectivity index (χ0v) is 19.8. The van der Waals surface area contributed by atoms with Crippen molar-refractivity contribution in [2.45, 2.75) is 83.0 Å². The van der Waals surface area contributed by atoms with E-state index < -0.39 is 29.9 Å². The number of nitrogens with zero attached hydrogens (tertiary/aromatic N) is 1. The maximum Gasteiger partial charge on any atom is 0.329 e. The number of carbonyl (C=O) groups is 3. The zero-order valence-electron chi connectivity index (χ0n) is 19.8. The molecule has 1 aromatic rings. The molecule has 8 nitrogen and oxygen atoms in total. The van der Waals surface area contributed by atoms with Crippen LogP contribution in [0.2, 0.25) is 0 Å². The lowest BCUT2D eigenvalue weighted by Gasteiger charge is -2.25. The summed E-state index contributed by atoms with van der Waals surface area (Å²) < 4.78 is 5.82. The van der Waals surface area contributed by atoms with Gasteiger partial charge in [-0.2, -0.15) is 0 Å². The molecular weight excluding hydrogens is 436 g/mol. The highest BCUT2D eigenvalue weighted by atomic mass is 16.5. The molecule has 1 aliphatic heterocycles. The summed E-state index contributed by atoms with van der Waals surface area (Å²) in [5.41, 5.74) is 5.18. The van der Waals surface area contributed by atoms with Gasteiger partial charge in [-0.05, 0) is 44.2 Å². The highest BCUT2D eigenvalue weighted by Gasteiger charge is 2.34. The van der Waals surface area contributed by atoms with Crippen molar-refractivity contribution in [1.82, 2.24) is 4.90 Å². The molecule has 0 radical (unpaired) electrons. The Labute approximate surface area is 201 Å². The number of hydrogen-bond donors (Lipinski definition) is 3. The number of carbonyl (C=O) groups excluding carboxylic acids is 3. The van der Waals surface area contributed by atoms with Crippen LogP contribution >= 0.6 is 0 Å². The van der Waals surface area contributed by atoms with Crippen molar-refractivity contribution in [3.8, 4) is 5.75 Å². The molecule has 1 aromatic carbocycles. The molecule has 1 heterocycles. The van der Waals surface area contributed by atoms with Gasteiger partial charge in [-0.1, -0.05) is 56.5 Å². The molecule has 0 saturated carbocycles. The first-order valence-corrected chi connectivity index (χ1v) is 11.9. The number of allylic oxidation sites excluding steroid dienone is 1. The van der Waals surface area contributed by atoms with Crippen LogP contribution in [0.5, 0.6) is 5.75 Å². The molecule has 1 aliphatic rings. The average Bonchev–Trinajstić information content (AvgIpc) is 3.31. The standard InChI is InChI=1S/C26H36N2O6/c1-2-3-4-6-12-19(13-7-5-8-17-23(30)24(27)31)34-26(33)21-15-11-18-28(21)25(32)20-14-9-10-16-22(20)29/h5,7,9-11,14,16,18-19,21,23,29-30H,2-4,6,8,12-13,15,17H2,1H3,(H2,27,31)/b7-5+/t19-,21+,23-/m1/s1. The highest BCUT2D eigenvalue weighted by Crippen LogP contribution is 2.25. The molecule has 186 valence electrons. The molecule has 0 saturated heterocycles. The van der Waals surface area contributed by atoms with Gasteiger partial charge in [0, 0.05) is 12.6 Å². The average molecular weight is 473 g/mol. The van der Waals surface area contributed by atoms with E-state index in [2.05, 4.69) is 6.92 Å². The van der Waals surface area contributed by atoms with Crippen molar-refractivity contribution < 1.29 is 29.3 Å². The molecule has 8 heteroatoms. The summed E-state index contributed by atoms with van der Waals surface area (Å²) in [6, 6.07) is 5.45. The molecule has 0 aliphatic carbocycles. The number of esters is 1. The first kappa shape index (κ1) is 27.1. The molecule has 4 N–H and O–H groups in total. The third kappa shape index (κ3) is 8.33. The van der Waals surface area contributed by atoms with Crippen molar-refractivity contribution in [2.75, 3.05) is 0 Å². The van der Waals surface area contributed by atoms with E-state index >= 15 is 0 Å². The molecule has 0 spiro atoms. The summed E-state index contributed by atoms with van der Waals surface area (Å²) >= 11 is 0. The lowest BCUT2D eigenvalue weighted by atomic mass is 10.1. The first-order chi connectivity index (χ1) is 16.3. The predicted octanol–water partition coefficient (Wildman–Crippen LogP) is 3.58. The molecule has 0 fully saturated rings. The summed E-state index contributed by atoms with van der Waals surface area (Å²) in [6.45, 7) is 2.13. The van der Waals surface area contributed by atoms with Crippen molar-refractivity contribution in [1.29, 1.82) is 0 Å². The number of amides is 2. The van der Waals surface area contributed by atoms with Gasteiger partial charge in [0.1, 0.15) is 24.0 Å². The number of rotatable bonds is 14. The lowest BCUT2D eigenvalue weighted by Crippen LogP contribution is -2.41. The minimum Gasteiger partial charge on any atom is -0.507 e. The van der Waals surface area contributed by atoms with Crippen molar-refractivity contribution in [3.63, 3.8) is 0 Å². The summed E-state index contributed by atoms with van der Waals surface area (Å²) in [6.07, 6.45) is 11.9. The van der Waals surface area contributed by atoms with Gasteiger partial charge in [-0.3, -0.25) is 9.59 Å². The number of phenols is 1. The van der Waals surface area contributed by atoms with E-state index in [0.29, 0.717) is 25.7 Å². The summed E-state index contributed by atoms with van der Waals surface area (Å²) in [5, 5.41) is 19.5. The maximum atomic E-state index is 13.0. The first-order valence-electron chi connectivity index (χ1n) is 11.9. The van der Waals surface area contributed by atoms with Crippen molar-refractivity contribution >= 4 is 17.8 Å². The summed E-state index contributed by atoms with van der Waals surface area (Å²) in [4.78, 5) is 38.1. The summed E-state index contributed by atoms with van der Waals surface area (Å²) in [7, 11) is 0. The number of nitrogens with two attached hydrogens (primary N) is 1. The predicted molar refractivity (Wildman–Crippen MR) is 129 cm³/mol. The topological polar surface area (TPSA) is 130 Å². The zero-order chi connectivity index (χ0) is 24.9. The van der Waals surface area contributed by atoms with Crippen LogP contribution in [0.25, 0.3) is 0 Å². The Balaban J connectivity index is 1.98. The number of primary amides is 1. The van der Waals surface area contributed by atoms with E-state index in [-0.39, 0.29) is 23.8 Å². The Morgan fingerprint density at radius 2 is 1.94 bits per heavy atom. The maximum absolute atomic E-state index is 13.0. The molecule has 3 atom stereocenters. The third-order valence-corrected chi connectivity index (χ3v) is 5.77. The van der Waals surface area contributed by atoms with Gasteiger partial charge in [0.15, 0.2) is 0 Å². The molecule has 0 aromatic heterocycles. The lowest BCUT2D eigenvalue weighted by molar-refractivity contribution is -0.153. The number of ether oxygens (including phenoxy) is 1. The Bertz CT molecular complexity index is 882. The van der Waals surface area contributed by atoms with E-state index in [0.717, 1.165) is 25.7 Å². The van der Waals surface area contributed by atoms with Crippen LogP contribution in [0.3, 0.4) is 0 Å². The molecule has 34 heavy (non-hydrogen) atoms. The number of aromatic hydroxyl groups is 1. The van der Waals surface area contributed by atoms with E-state index in [4.69, 9.17) is 10.5 Å². The minimum atomic E-state index is -1.17. The Morgan fingerprint density at radius 3 is 2.65 bits per heavy atom. The molecule has 0 unspecified atom stereocenters. The van der Waals surface area contributed by atoms with Gasteiger partial charge in [0.05, 0.1) is 5.56 Å². The number of aliphatic hydroxyl groups excluding tert-OH is 1. The van der Waals surface area contributed by atoms with Crippen molar-refractivity contribution in [3.05, 3.63) is 54.3 Å². The Kier molecular flexibility index (Phi) is 11.3. The van der Waals surface area contributed by atoms with Crippen LogP contribution in [0, 0.1) is 0 Å². The number of hydrogen-bond acceptors (Lipinski definition) is 6. The fraction of sp³-hybridized carbons (Fsp3) is 0.500. The second kappa shape index (κ2) is 14.2. The Hall–Kier alpha value is -3.13. The SMILES string of the molecule is CCCCCC[C@H](C/C=C/CC[C@@H](O)C(N)=O)OC(=O)[C@@H]1CC=CN1C(=O)c1ccccc1O. The van der Waals surface area contributed by atoms with E-state index in [9.17, 15) is 24.6 Å². The molecule has 2 rings (SSSR count). The fourth-order valence-electron chi connectivity index (χ4n) is 3.76. The largest absolute Gasteiger partial charge is 0.507 e. The van der Waals surface area contributed by atoms with Gasteiger partial charge in [-0.25, -0.2) is 4.79 Å². The monoisotopic (exact) mass is 472 g/mol. The van der Waals surface area contributed by atoms with Gasteiger partial charge in [-0.15, -0.1) is 0 Å². The molecule has 2 amide bonds. The molecule has 0 bridgehead atoms.